The molecule has 4 heteroatoms. The monoisotopic (exact) mass is 273 g/mol. The predicted molar refractivity (Wildman–Crippen MR) is 83.3 cm³/mol. The molecule has 1 N–H and O–H groups in total. The molecular weight excluding hydrogens is 250 g/mol. The molecule has 1 heterocycles. The summed E-state index contributed by atoms with van der Waals surface area (Å²) in [5, 5.41) is 3.17. The Kier molecular flexibility index (Phi) is 5.18. The molecule has 0 aliphatic carbocycles. The van der Waals surface area contributed by atoms with Gasteiger partial charge in [0.2, 0.25) is 0 Å². The van der Waals surface area contributed by atoms with Gasteiger partial charge in [-0.1, -0.05) is 13.0 Å². The molecule has 2 aromatic rings. The molecule has 0 aliphatic heterocycles. The quantitative estimate of drug-likeness (QED) is 0.752. The van der Waals surface area contributed by atoms with Gasteiger partial charge in [-0.05, 0) is 25.6 Å². The molecule has 0 saturated carbocycles. The van der Waals surface area contributed by atoms with Gasteiger partial charge in [-0.2, -0.15) is 0 Å². The maximum atomic E-state index is 5.67. The molecule has 0 radical (unpaired) electrons. The van der Waals surface area contributed by atoms with Gasteiger partial charge < -0.3 is 14.6 Å². The van der Waals surface area contributed by atoms with E-state index in [2.05, 4.69) is 29.5 Å². The smallest absolute Gasteiger partial charge is 0.121 e. The van der Waals surface area contributed by atoms with Crippen LogP contribution in [-0.4, -0.2) is 29.8 Å². The highest BCUT2D eigenvalue weighted by molar-refractivity contribution is 5.78. The van der Waals surface area contributed by atoms with Crippen molar-refractivity contribution < 1.29 is 4.74 Å². The molecule has 0 bridgehead atoms. The van der Waals surface area contributed by atoms with Crippen LogP contribution in [0.1, 0.15) is 19.2 Å². The van der Waals surface area contributed by atoms with Gasteiger partial charge in [-0.3, -0.25) is 0 Å². The highest BCUT2D eigenvalue weighted by Gasteiger charge is 2.10. The molecule has 4 nitrogen and oxygen atoms in total. The van der Waals surface area contributed by atoms with Crippen LogP contribution in [0.3, 0.4) is 0 Å². The summed E-state index contributed by atoms with van der Waals surface area (Å²) in [4.78, 5) is 4.73. The van der Waals surface area contributed by atoms with E-state index in [-0.39, 0.29) is 0 Å². The Hall–Kier alpha value is -1.81. The van der Waals surface area contributed by atoms with Gasteiger partial charge in [-0.25, -0.2) is 4.98 Å². The Labute approximate surface area is 120 Å². The highest BCUT2D eigenvalue weighted by atomic mass is 16.5. The first-order valence-electron chi connectivity index (χ1n) is 7.17. The molecule has 0 saturated heterocycles. The summed E-state index contributed by atoms with van der Waals surface area (Å²) in [5.74, 6) is 1.98. The molecule has 0 spiro atoms. The number of imidazole rings is 1. The summed E-state index contributed by atoms with van der Waals surface area (Å²) in [6, 6.07) is 6.12. The molecule has 108 valence electrons. The molecule has 20 heavy (non-hydrogen) atoms. The van der Waals surface area contributed by atoms with Crippen molar-refractivity contribution in [1.82, 2.24) is 14.9 Å². The number of aromatic nitrogens is 2. The van der Waals surface area contributed by atoms with Crippen LogP contribution >= 0.6 is 0 Å². The van der Waals surface area contributed by atoms with Crippen LogP contribution in [0.25, 0.3) is 11.0 Å². The Bertz CT molecular complexity index is 574. The Morgan fingerprint density at radius 1 is 1.45 bits per heavy atom. The largest absolute Gasteiger partial charge is 0.494 e. The fourth-order valence-electron chi connectivity index (χ4n) is 2.23. The normalized spacial score (nSPS) is 10.9. The first kappa shape index (κ1) is 14.6. The third-order valence-electron chi connectivity index (χ3n) is 3.18. The minimum absolute atomic E-state index is 0.742. The summed E-state index contributed by atoms with van der Waals surface area (Å²) >= 11 is 0. The van der Waals surface area contributed by atoms with Crippen molar-refractivity contribution in [2.75, 3.05) is 20.2 Å². The SMILES string of the molecule is C=CCn1c(CCNC)nc2cc(OCCC)ccc21. The topological polar surface area (TPSA) is 39.1 Å². The number of likely N-dealkylation sites (N-methyl/N-ethyl adjacent to an activating group) is 1. The second kappa shape index (κ2) is 7.10. The molecule has 2 rings (SSSR count). The standard InChI is InChI=1S/C16H23N3O/c1-4-10-19-15-7-6-13(20-11-5-2)12-14(15)18-16(19)8-9-17-3/h4,6-7,12,17H,1,5,8-11H2,2-3H3. The number of ether oxygens (including phenoxy) is 1. The van der Waals surface area contributed by atoms with Crippen molar-refractivity contribution in [3.63, 3.8) is 0 Å². The summed E-state index contributed by atoms with van der Waals surface area (Å²) < 4.78 is 7.88. The fraction of sp³-hybridized carbons (Fsp3) is 0.438. The number of fused-ring (bicyclic) bond motifs is 1. The number of hydrogen-bond donors (Lipinski definition) is 1. The summed E-state index contributed by atoms with van der Waals surface area (Å²) in [6.07, 6.45) is 3.83. The molecule has 0 aliphatic rings. The van der Waals surface area contributed by atoms with Crippen molar-refractivity contribution in [2.24, 2.45) is 0 Å². The molecule has 1 aromatic heterocycles. The lowest BCUT2D eigenvalue weighted by atomic mass is 10.3. The van der Waals surface area contributed by atoms with Gasteiger partial charge in [0.1, 0.15) is 11.6 Å². The van der Waals surface area contributed by atoms with Crippen molar-refractivity contribution in [3.8, 4) is 5.75 Å². The number of nitrogens with one attached hydrogen (secondary N) is 1. The van der Waals surface area contributed by atoms with E-state index in [9.17, 15) is 0 Å². The molecule has 1 aromatic carbocycles. The van der Waals surface area contributed by atoms with E-state index in [1.165, 1.54) is 0 Å². The van der Waals surface area contributed by atoms with E-state index >= 15 is 0 Å². The maximum absolute atomic E-state index is 5.67. The van der Waals surface area contributed by atoms with E-state index in [0.29, 0.717) is 0 Å². The van der Waals surface area contributed by atoms with Crippen LogP contribution in [0.15, 0.2) is 30.9 Å². The third kappa shape index (κ3) is 3.20. The van der Waals surface area contributed by atoms with Gasteiger partial charge >= 0.3 is 0 Å². The highest BCUT2D eigenvalue weighted by Crippen LogP contribution is 2.22. The van der Waals surface area contributed by atoms with Gasteiger partial charge in [0.05, 0.1) is 17.6 Å². The van der Waals surface area contributed by atoms with E-state index < -0.39 is 0 Å². The van der Waals surface area contributed by atoms with Crippen LogP contribution < -0.4 is 10.1 Å². The van der Waals surface area contributed by atoms with Crippen molar-refractivity contribution in [3.05, 3.63) is 36.7 Å². The van der Waals surface area contributed by atoms with Crippen molar-refractivity contribution >= 4 is 11.0 Å². The first-order valence-corrected chi connectivity index (χ1v) is 7.17. The lowest BCUT2D eigenvalue weighted by Crippen LogP contribution is -2.13. The van der Waals surface area contributed by atoms with Crippen LogP contribution in [0.5, 0.6) is 5.75 Å². The number of rotatable bonds is 8. The van der Waals surface area contributed by atoms with Crippen molar-refractivity contribution in [1.29, 1.82) is 0 Å². The van der Waals surface area contributed by atoms with Crippen LogP contribution in [0.4, 0.5) is 0 Å². The number of allylic oxidation sites excluding steroid dienone is 1. The summed E-state index contributed by atoms with van der Waals surface area (Å²) in [5.41, 5.74) is 2.13. The molecule has 0 amide bonds. The van der Waals surface area contributed by atoms with Crippen LogP contribution in [0, 0.1) is 0 Å². The average Bonchev–Trinajstić information content (AvgIpc) is 2.80. The Morgan fingerprint density at radius 3 is 3.00 bits per heavy atom. The Morgan fingerprint density at radius 2 is 2.30 bits per heavy atom. The lowest BCUT2D eigenvalue weighted by molar-refractivity contribution is 0.318. The zero-order valence-corrected chi connectivity index (χ0v) is 12.4. The zero-order valence-electron chi connectivity index (χ0n) is 12.4. The second-order valence-electron chi connectivity index (χ2n) is 4.78. The number of nitrogens with zero attached hydrogens (tertiary/aromatic N) is 2. The van der Waals surface area contributed by atoms with Gasteiger partial charge in [0, 0.05) is 25.6 Å². The lowest BCUT2D eigenvalue weighted by Gasteiger charge is -2.07. The third-order valence-corrected chi connectivity index (χ3v) is 3.18. The van der Waals surface area contributed by atoms with Gasteiger partial charge in [-0.15, -0.1) is 6.58 Å². The van der Waals surface area contributed by atoms with Gasteiger partial charge in [0.15, 0.2) is 0 Å². The maximum Gasteiger partial charge on any atom is 0.121 e. The molecular formula is C16H23N3O. The number of benzene rings is 1. The van der Waals surface area contributed by atoms with Crippen LogP contribution in [0.2, 0.25) is 0 Å². The minimum atomic E-state index is 0.742. The second-order valence-corrected chi connectivity index (χ2v) is 4.78. The van der Waals surface area contributed by atoms with Gasteiger partial charge in [0.25, 0.3) is 0 Å². The molecule has 0 atom stereocenters. The molecule has 0 fully saturated rings. The molecule has 0 unspecified atom stereocenters. The van der Waals surface area contributed by atoms with E-state index in [1.807, 2.05) is 25.3 Å². The number of hydrogen-bond acceptors (Lipinski definition) is 3. The predicted octanol–water partition coefficient (Wildman–Crippen LogP) is 2.77. The zero-order chi connectivity index (χ0) is 14.4. The van der Waals surface area contributed by atoms with E-state index in [1.54, 1.807) is 0 Å². The average molecular weight is 273 g/mol. The fourth-order valence-corrected chi connectivity index (χ4v) is 2.23. The van der Waals surface area contributed by atoms with Crippen LogP contribution in [-0.2, 0) is 13.0 Å². The minimum Gasteiger partial charge on any atom is -0.494 e. The summed E-state index contributed by atoms with van der Waals surface area (Å²) in [7, 11) is 1.96. The Balaban J connectivity index is 2.35. The summed E-state index contributed by atoms with van der Waals surface area (Å²) in [6.45, 7) is 8.38. The van der Waals surface area contributed by atoms with E-state index in [0.717, 1.165) is 55.1 Å². The first-order chi connectivity index (χ1) is 9.80. The van der Waals surface area contributed by atoms with E-state index in [4.69, 9.17) is 9.72 Å². The van der Waals surface area contributed by atoms with Crippen molar-refractivity contribution in [2.45, 2.75) is 26.3 Å².